The average molecular weight is 350 g/mol. The number of carboxylic acid groups (broad SMARTS) is 1. The molecule has 0 saturated heterocycles. The van der Waals surface area contributed by atoms with Crippen LogP contribution in [0.3, 0.4) is 0 Å². The lowest BCUT2D eigenvalue weighted by molar-refractivity contribution is -0.139. The van der Waals surface area contributed by atoms with Gasteiger partial charge < -0.3 is 20.8 Å². The van der Waals surface area contributed by atoms with Gasteiger partial charge in [0.05, 0.1) is 5.69 Å². The van der Waals surface area contributed by atoms with Crippen molar-refractivity contribution in [2.45, 2.75) is 12.5 Å². The van der Waals surface area contributed by atoms with Crippen LogP contribution in [0.5, 0.6) is 5.75 Å². The third-order valence-electron chi connectivity index (χ3n) is 4.02. The minimum absolute atomic E-state index is 0.0993. The molecule has 2 amide bonds. The van der Waals surface area contributed by atoms with Crippen LogP contribution >= 0.6 is 0 Å². The first kappa shape index (κ1) is 17.3. The van der Waals surface area contributed by atoms with E-state index in [4.69, 9.17) is 0 Å². The van der Waals surface area contributed by atoms with Gasteiger partial charge in [-0.2, -0.15) is 0 Å². The summed E-state index contributed by atoms with van der Waals surface area (Å²) in [5.41, 5.74) is 1.30. The maximum absolute atomic E-state index is 12.3. The fourth-order valence-corrected chi connectivity index (χ4v) is 2.72. The van der Waals surface area contributed by atoms with Crippen molar-refractivity contribution in [3.05, 3.63) is 72.3 Å². The average Bonchev–Trinajstić information content (AvgIpc) is 2.63. The molecule has 0 aromatic heterocycles. The van der Waals surface area contributed by atoms with Crippen LogP contribution in [-0.2, 0) is 11.2 Å². The van der Waals surface area contributed by atoms with E-state index in [1.54, 1.807) is 18.2 Å². The van der Waals surface area contributed by atoms with Crippen LogP contribution in [0, 0.1) is 0 Å². The summed E-state index contributed by atoms with van der Waals surface area (Å²) in [6.45, 7) is 0. The molecule has 3 aromatic rings. The molecular weight excluding hydrogens is 332 g/mol. The lowest BCUT2D eigenvalue weighted by Crippen LogP contribution is -2.44. The molecule has 1 atom stereocenters. The summed E-state index contributed by atoms with van der Waals surface area (Å²) >= 11 is 0. The van der Waals surface area contributed by atoms with E-state index in [2.05, 4.69) is 10.6 Å². The Hall–Kier alpha value is -3.54. The number of carbonyl (C=O) groups is 2. The van der Waals surface area contributed by atoms with E-state index < -0.39 is 18.0 Å². The van der Waals surface area contributed by atoms with Crippen LogP contribution in [0.2, 0.25) is 0 Å². The summed E-state index contributed by atoms with van der Waals surface area (Å²) in [5.74, 6) is -1.03. The molecule has 0 spiro atoms. The first-order valence-electron chi connectivity index (χ1n) is 8.09. The highest BCUT2D eigenvalue weighted by molar-refractivity contribution is 6.02. The van der Waals surface area contributed by atoms with E-state index in [9.17, 15) is 19.8 Å². The molecule has 0 radical (unpaired) electrons. The zero-order valence-electron chi connectivity index (χ0n) is 13.8. The molecule has 0 aliphatic heterocycles. The van der Waals surface area contributed by atoms with E-state index in [-0.39, 0.29) is 12.2 Å². The number of hydrogen-bond acceptors (Lipinski definition) is 3. The third kappa shape index (κ3) is 4.10. The number of carbonyl (C=O) groups excluding carboxylic acids is 1. The maximum Gasteiger partial charge on any atom is 0.326 e. The number of anilines is 1. The predicted octanol–water partition coefficient (Wildman–Crippen LogP) is 3.36. The van der Waals surface area contributed by atoms with Gasteiger partial charge in [0.15, 0.2) is 0 Å². The number of hydrogen-bond donors (Lipinski definition) is 4. The van der Waals surface area contributed by atoms with Gasteiger partial charge in [0.1, 0.15) is 11.8 Å². The number of fused-ring (bicyclic) bond motifs is 1. The summed E-state index contributed by atoms with van der Waals surface area (Å²) < 4.78 is 0. The molecule has 3 aromatic carbocycles. The molecule has 26 heavy (non-hydrogen) atoms. The molecular formula is C20H18N2O4. The highest BCUT2D eigenvalue weighted by Crippen LogP contribution is 2.22. The highest BCUT2D eigenvalue weighted by atomic mass is 16.4. The second kappa shape index (κ2) is 7.57. The van der Waals surface area contributed by atoms with Crippen LogP contribution in [0.15, 0.2) is 66.7 Å². The van der Waals surface area contributed by atoms with E-state index in [0.717, 1.165) is 10.8 Å². The van der Waals surface area contributed by atoms with Crippen molar-refractivity contribution < 1.29 is 19.8 Å². The van der Waals surface area contributed by atoms with Crippen molar-refractivity contribution in [1.82, 2.24) is 5.32 Å². The van der Waals surface area contributed by atoms with Gasteiger partial charge in [0, 0.05) is 11.8 Å². The van der Waals surface area contributed by atoms with Crippen LogP contribution in [0.25, 0.3) is 10.8 Å². The topological polar surface area (TPSA) is 98.7 Å². The van der Waals surface area contributed by atoms with Gasteiger partial charge >= 0.3 is 12.0 Å². The number of phenols is 1. The Labute approximate surface area is 150 Å². The summed E-state index contributed by atoms with van der Waals surface area (Å²) in [6, 6.07) is 17.6. The second-order valence-corrected chi connectivity index (χ2v) is 5.89. The Morgan fingerprint density at radius 1 is 0.923 bits per heavy atom. The molecule has 1 unspecified atom stereocenters. The van der Waals surface area contributed by atoms with Gasteiger partial charge in [0.2, 0.25) is 0 Å². The summed E-state index contributed by atoms with van der Waals surface area (Å²) in [5, 5.41) is 25.7. The molecule has 0 aliphatic carbocycles. The minimum atomic E-state index is -1.13. The van der Waals surface area contributed by atoms with Crippen LogP contribution < -0.4 is 10.6 Å². The predicted molar refractivity (Wildman–Crippen MR) is 99.3 cm³/mol. The Kier molecular flexibility index (Phi) is 5.03. The Morgan fingerprint density at radius 2 is 1.62 bits per heavy atom. The lowest BCUT2D eigenvalue weighted by atomic mass is 10.1. The summed E-state index contributed by atoms with van der Waals surface area (Å²) in [6.07, 6.45) is 0.110. The van der Waals surface area contributed by atoms with Crippen molar-refractivity contribution in [3.8, 4) is 5.75 Å². The molecule has 0 heterocycles. The monoisotopic (exact) mass is 350 g/mol. The highest BCUT2D eigenvalue weighted by Gasteiger charge is 2.20. The number of aliphatic carboxylic acids is 1. The normalized spacial score (nSPS) is 11.7. The fraction of sp³-hybridized carbons (Fsp3) is 0.100. The molecule has 0 bridgehead atoms. The summed E-state index contributed by atoms with van der Waals surface area (Å²) in [4.78, 5) is 23.8. The Bertz CT molecular complexity index is 933. The lowest BCUT2D eigenvalue weighted by Gasteiger charge is -2.16. The minimum Gasteiger partial charge on any atom is -0.508 e. The van der Waals surface area contributed by atoms with Crippen molar-refractivity contribution in [2.75, 3.05) is 5.32 Å². The molecule has 0 aliphatic rings. The molecule has 132 valence electrons. The number of amides is 2. The third-order valence-corrected chi connectivity index (χ3v) is 4.02. The van der Waals surface area contributed by atoms with Gasteiger partial charge in [-0.15, -0.1) is 0 Å². The number of nitrogens with one attached hydrogen (secondary N) is 2. The van der Waals surface area contributed by atoms with E-state index in [1.165, 1.54) is 12.1 Å². The Balaban J connectivity index is 1.71. The largest absolute Gasteiger partial charge is 0.508 e. The number of phenolic OH excluding ortho intramolecular Hbond substituents is 1. The zero-order chi connectivity index (χ0) is 18.5. The van der Waals surface area contributed by atoms with E-state index in [0.29, 0.717) is 11.3 Å². The maximum atomic E-state index is 12.3. The van der Waals surface area contributed by atoms with Crippen LogP contribution in [0.1, 0.15) is 5.56 Å². The smallest absolute Gasteiger partial charge is 0.326 e. The van der Waals surface area contributed by atoms with Gasteiger partial charge in [-0.25, -0.2) is 9.59 Å². The van der Waals surface area contributed by atoms with Crippen LogP contribution in [0.4, 0.5) is 10.5 Å². The molecule has 4 N–H and O–H groups in total. The quantitative estimate of drug-likeness (QED) is 0.567. The first-order valence-corrected chi connectivity index (χ1v) is 8.09. The number of aromatic hydroxyl groups is 1. The van der Waals surface area contributed by atoms with Gasteiger partial charge in [-0.1, -0.05) is 48.5 Å². The van der Waals surface area contributed by atoms with Gasteiger partial charge in [-0.05, 0) is 29.1 Å². The number of rotatable bonds is 5. The van der Waals surface area contributed by atoms with Crippen molar-refractivity contribution in [3.63, 3.8) is 0 Å². The molecule has 6 heteroatoms. The molecule has 3 rings (SSSR count). The van der Waals surface area contributed by atoms with Crippen molar-refractivity contribution in [1.29, 1.82) is 0 Å². The molecule has 0 saturated carbocycles. The van der Waals surface area contributed by atoms with Gasteiger partial charge in [0.25, 0.3) is 0 Å². The zero-order valence-corrected chi connectivity index (χ0v) is 13.8. The van der Waals surface area contributed by atoms with Crippen LogP contribution in [-0.4, -0.2) is 28.3 Å². The van der Waals surface area contributed by atoms with E-state index in [1.807, 2.05) is 36.4 Å². The SMILES string of the molecule is O=C(Nc1cccc2ccccc12)NC(Cc1ccc(O)cc1)C(=O)O. The molecule has 6 nitrogen and oxygen atoms in total. The first-order chi connectivity index (χ1) is 12.5. The van der Waals surface area contributed by atoms with E-state index >= 15 is 0 Å². The van der Waals surface area contributed by atoms with Crippen molar-refractivity contribution >= 4 is 28.5 Å². The number of urea groups is 1. The standard InChI is InChI=1S/C20H18N2O4/c23-15-10-8-13(9-11-15)12-18(19(24)25)22-20(26)21-17-7-3-5-14-4-1-2-6-16(14)17/h1-11,18,23H,12H2,(H,24,25)(H2,21,22,26). The van der Waals surface area contributed by atoms with Crippen molar-refractivity contribution in [2.24, 2.45) is 0 Å². The fourth-order valence-electron chi connectivity index (χ4n) is 2.72. The number of benzene rings is 3. The Morgan fingerprint density at radius 3 is 2.35 bits per heavy atom. The second-order valence-electron chi connectivity index (χ2n) is 5.89. The summed E-state index contributed by atoms with van der Waals surface area (Å²) in [7, 11) is 0. The van der Waals surface area contributed by atoms with Gasteiger partial charge in [-0.3, -0.25) is 0 Å². The molecule has 0 fully saturated rings. The number of carboxylic acids is 1.